The van der Waals surface area contributed by atoms with Gasteiger partial charge in [0.2, 0.25) is 0 Å². The van der Waals surface area contributed by atoms with Gasteiger partial charge in [0.15, 0.2) is 0 Å². The Hall–Kier alpha value is -2.37. The van der Waals surface area contributed by atoms with E-state index >= 15 is 0 Å². The highest BCUT2D eigenvalue weighted by molar-refractivity contribution is 9.10. The number of alkyl halides is 3. The summed E-state index contributed by atoms with van der Waals surface area (Å²) < 4.78 is 39.5. The molecule has 3 rings (SSSR count). The molecule has 0 radical (unpaired) electrons. The first kappa shape index (κ1) is 17.5. The van der Waals surface area contributed by atoms with Crippen LogP contribution >= 0.6 is 27.3 Å². The van der Waals surface area contributed by atoms with Gasteiger partial charge >= 0.3 is 6.18 Å². The van der Waals surface area contributed by atoms with Gasteiger partial charge in [-0.15, -0.1) is 11.3 Å². The number of fused-ring (bicyclic) bond motifs is 1. The standard InChI is InChI=1S/C17H8BrF3N2OS/c18-12-4-2-1-3-10(12)15(24)11(8-22)16-23-13-7-9(17(19,20)21)5-6-14(13)25-16/h1-7,24H/b15-11-. The molecule has 1 heterocycles. The lowest BCUT2D eigenvalue weighted by atomic mass is 10.1. The number of benzene rings is 2. The summed E-state index contributed by atoms with van der Waals surface area (Å²) in [5, 5.41) is 20.0. The molecule has 0 atom stereocenters. The third-order valence-electron chi connectivity index (χ3n) is 3.41. The third kappa shape index (κ3) is 3.38. The fourth-order valence-electron chi connectivity index (χ4n) is 2.20. The molecule has 0 saturated heterocycles. The molecule has 0 fully saturated rings. The largest absolute Gasteiger partial charge is 0.506 e. The van der Waals surface area contributed by atoms with Gasteiger partial charge in [-0.3, -0.25) is 0 Å². The Labute approximate surface area is 152 Å². The summed E-state index contributed by atoms with van der Waals surface area (Å²) in [6, 6.07) is 11.9. The molecule has 0 amide bonds. The van der Waals surface area contributed by atoms with Crippen LogP contribution in [0.1, 0.15) is 16.1 Å². The normalized spacial score (nSPS) is 12.8. The maximum absolute atomic E-state index is 12.8. The number of thiazole rings is 1. The molecule has 0 aliphatic heterocycles. The van der Waals surface area contributed by atoms with Crippen molar-refractivity contribution in [3.05, 3.63) is 63.1 Å². The van der Waals surface area contributed by atoms with E-state index in [9.17, 15) is 23.5 Å². The highest BCUT2D eigenvalue weighted by Gasteiger charge is 2.31. The fraction of sp³-hybridized carbons (Fsp3) is 0.0588. The van der Waals surface area contributed by atoms with E-state index in [2.05, 4.69) is 20.9 Å². The number of rotatable bonds is 2. The van der Waals surface area contributed by atoms with E-state index in [0.717, 1.165) is 23.5 Å². The molecule has 0 saturated carbocycles. The zero-order valence-corrected chi connectivity index (χ0v) is 14.7. The van der Waals surface area contributed by atoms with Crippen LogP contribution in [0, 0.1) is 11.3 Å². The van der Waals surface area contributed by atoms with Gasteiger partial charge in [0.25, 0.3) is 0 Å². The van der Waals surface area contributed by atoms with Gasteiger partial charge in [-0.25, -0.2) is 4.98 Å². The highest BCUT2D eigenvalue weighted by Crippen LogP contribution is 2.36. The van der Waals surface area contributed by atoms with Gasteiger partial charge in [-0.1, -0.05) is 34.1 Å². The van der Waals surface area contributed by atoms with E-state index in [0.29, 0.717) is 14.7 Å². The summed E-state index contributed by atoms with van der Waals surface area (Å²) >= 11 is 4.33. The Bertz CT molecular complexity index is 1030. The van der Waals surface area contributed by atoms with E-state index < -0.39 is 11.7 Å². The summed E-state index contributed by atoms with van der Waals surface area (Å²) in [7, 11) is 0. The van der Waals surface area contributed by atoms with Crippen LogP contribution in [-0.2, 0) is 6.18 Å². The minimum atomic E-state index is -4.47. The number of aromatic nitrogens is 1. The summed E-state index contributed by atoms with van der Waals surface area (Å²) in [6.07, 6.45) is -4.47. The summed E-state index contributed by atoms with van der Waals surface area (Å²) in [5.41, 5.74) is -0.382. The topological polar surface area (TPSA) is 56.9 Å². The number of aliphatic hydroxyl groups is 1. The van der Waals surface area contributed by atoms with Crippen molar-refractivity contribution in [3.63, 3.8) is 0 Å². The van der Waals surface area contributed by atoms with Crippen molar-refractivity contribution in [1.29, 1.82) is 5.26 Å². The zero-order valence-electron chi connectivity index (χ0n) is 12.3. The van der Waals surface area contributed by atoms with Crippen LogP contribution in [0.15, 0.2) is 46.9 Å². The number of hydrogen-bond donors (Lipinski definition) is 1. The van der Waals surface area contributed by atoms with Crippen LogP contribution in [0.25, 0.3) is 21.5 Å². The average Bonchev–Trinajstić information content (AvgIpc) is 2.97. The van der Waals surface area contributed by atoms with Crippen LogP contribution in [0.5, 0.6) is 0 Å². The Morgan fingerprint density at radius 3 is 2.56 bits per heavy atom. The maximum atomic E-state index is 12.8. The molecule has 0 spiro atoms. The number of aliphatic hydroxyl groups excluding tert-OH is 1. The monoisotopic (exact) mass is 424 g/mol. The molecule has 8 heteroatoms. The molecule has 1 N–H and O–H groups in total. The maximum Gasteiger partial charge on any atom is 0.416 e. The van der Waals surface area contributed by atoms with Crippen LogP contribution in [0.3, 0.4) is 0 Å². The minimum Gasteiger partial charge on any atom is -0.506 e. The number of halogens is 4. The lowest BCUT2D eigenvalue weighted by molar-refractivity contribution is -0.137. The molecule has 25 heavy (non-hydrogen) atoms. The van der Waals surface area contributed by atoms with Crippen molar-refractivity contribution in [3.8, 4) is 6.07 Å². The Morgan fingerprint density at radius 2 is 1.92 bits per heavy atom. The predicted molar refractivity (Wildman–Crippen MR) is 93.8 cm³/mol. The zero-order chi connectivity index (χ0) is 18.2. The summed E-state index contributed by atoms with van der Waals surface area (Å²) in [4.78, 5) is 4.10. The first-order chi connectivity index (χ1) is 11.8. The van der Waals surface area contributed by atoms with Crippen LogP contribution in [-0.4, -0.2) is 10.1 Å². The highest BCUT2D eigenvalue weighted by atomic mass is 79.9. The molecule has 0 aliphatic carbocycles. The summed E-state index contributed by atoms with van der Waals surface area (Å²) in [5.74, 6) is -0.287. The van der Waals surface area contributed by atoms with Gasteiger partial charge in [0.1, 0.15) is 22.4 Å². The van der Waals surface area contributed by atoms with E-state index in [1.54, 1.807) is 24.3 Å². The van der Waals surface area contributed by atoms with E-state index in [1.165, 1.54) is 6.07 Å². The smallest absolute Gasteiger partial charge is 0.416 e. The molecular formula is C17H8BrF3N2OS. The quantitative estimate of drug-likeness (QED) is 0.403. The molecule has 2 aromatic carbocycles. The minimum absolute atomic E-state index is 0.0957. The number of nitriles is 1. The average molecular weight is 425 g/mol. The molecule has 0 bridgehead atoms. The van der Waals surface area contributed by atoms with Crippen LogP contribution in [0.2, 0.25) is 0 Å². The first-order valence-corrected chi connectivity index (χ1v) is 8.48. The summed E-state index contributed by atoms with van der Waals surface area (Å²) in [6.45, 7) is 0. The number of nitrogens with zero attached hydrogens (tertiary/aromatic N) is 2. The SMILES string of the molecule is N#C/C(=C(/O)c1ccccc1Br)c1nc2cc(C(F)(F)F)ccc2s1. The van der Waals surface area contributed by atoms with Crippen molar-refractivity contribution >= 4 is 48.8 Å². The number of hydrogen-bond acceptors (Lipinski definition) is 4. The van der Waals surface area contributed by atoms with Gasteiger partial charge < -0.3 is 5.11 Å². The fourth-order valence-corrected chi connectivity index (χ4v) is 3.62. The van der Waals surface area contributed by atoms with Gasteiger partial charge in [-0.2, -0.15) is 18.4 Å². The molecule has 3 aromatic rings. The second kappa shape index (κ2) is 6.50. The van der Waals surface area contributed by atoms with Crippen molar-refractivity contribution < 1.29 is 18.3 Å². The lowest BCUT2D eigenvalue weighted by Crippen LogP contribution is -2.03. The third-order valence-corrected chi connectivity index (χ3v) is 5.15. The molecule has 1 aromatic heterocycles. The van der Waals surface area contributed by atoms with Crippen molar-refractivity contribution in [2.75, 3.05) is 0 Å². The van der Waals surface area contributed by atoms with Crippen LogP contribution < -0.4 is 0 Å². The van der Waals surface area contributed by atoms with E-state index in [4.69, 9.17) is 0 Å². The predicted octanol–water partition coefficient (Wildman–Crippen LogP) is 6.03. The van der Waals surface area contributed by atoms with Crippen molar-refractivity contribution in [1.82, 2.24) is 4.98 Å². The number of allylic oxidation sites excluding steroid dienone is 1. The molecule has 126 valence electrons. The van der Waals surface area contributed by atoms with Gasteiger partial charge in [0, 0.05) is 10.0 Å². The van der Waals surface area contributed by atoms with E-state index in [1.807, 2.05) is 6.07 Å². The Kier molecular flexibility index (Phi) is 4.54. The molecular weight excluding hydrogens is 417 g/mol. The first-order valence-electron chi connectivity index (χ1n) is 6.87. The second-order valence-corrected chi connectivity index (χ2v) is 6.90. The van der Waals surface area contributed by atoms with E-state index in [-0.39, 0.29) is 21.9 Å². The molecule has 0 aliphatic rings. The Morgan fingerprint density at radius 1 is 1.20 bits per heavy atom. The molecule has 3 nitrogen and oxygen atoms in total. The lowest BCUT2D eigenvalue weighted by Gasteiger charge is -2.05. The van der Waals surface area contributed by atoms with Crippen LogP contribution in [0.4, 0.5) is 13.2 Å². The second-order valence-electron chi connectivity index (χ2n) is 5.01. The van der Waals surface area contributed by atoms with Crippen molar-refractivity contribution in [2.45, 2.75) is 6.18 Å². The molecule has 0 unspecified atom stereocenters. The van der Waals surface area contributed by atoms with Gasteiger partial charge in [-0.05, 0) is 24.3 Å². The Balaban J connectivity index is 2.15. The van der Waals surface area contributed by atoms with Crippen molar-refractivity contribution in [2.24, 2.45) is 0 Å². The van der Waals surface area contributed by atoms with Gasteiger partial charge in [0.05, 0.1) is 15.8 Å².